The molecular formula is C14H19NO2S. The molecule has 98 valence electrons. The number of rotatable bonds is 4. The van der Waals surface area contributed by atoms with Gasteiger partial charge in [0.1, 0.15) is 0 Å². The van der Waals surface area contributed by atoms with Crippen molar-refractivity contribution in [2.24, 2.45) is 0 Å². The Hall–Kier alpha value is -0.860. The van der Waals surface area contributed by atoms with Crippen molar-refractivity contribution in [2.75, 3.05) is 19.8 Å². The summed E-state index contributed by atoms with van der Waals surface area (Å²) >= 11 is 1.70. The van der Waals surface area contributed by atoms with Gasteiger partial charge < -0.3 is 10.2 Å². The molecule has 2 heterocycles. The van der Waals surface area contributed by atoms with Crippen LogP contribution in [0.1, 0.15) is 29.0 Å². The number of aliphatic hydroxyl groups excluding tert-OH is 2. The van der Waals surface area contributed by atoms with Crippen molar-refractivity contribution in [3.63, 3.8) is 0 Å². The summed E-state index contributed by atoms with van der Waals surface area (Å²) in [6.45, 7) is 2.37. The first-order valence-electron chi connectivity index (χ1n) is 6.37. The van der Waals surface area contributed by atoms with E-state index < -0.39 is 0 Å². The summed E-state index contributed by atoms with van der Waals surface area (Å²) in [5.74, 6) is 5.99. The maximum atomic E-state index is 9.28. The molecule has 1 atom stereocenters. The molecule has 2 N–H and O–H groups in total. The van der Waals surface area contributed by atoms with Crippen LogP contribution in [0.2, 0.25) is 0 Å². The van der Waals surface area contributed by atoms with Gasteiger partial charge in [-0.2, -0.15) is 0 Å². The fraction of sp³-hybridized carbons (Fsp3) is 0.571. The highest BCUT2D eigenvalue weighted by atomic mass is 32.1. The number of nitrogens with zero attached hydrogens (tertiary/aromatic N) is 1. The molecular weight excluding hydrogens is 246 g/mol. The second-order valence-corrected chi connectivity index (χ2v) is 5.66. The molecule has 1 saturated heterocycles. The van der Waals surface area contributed by atoms with Crippen molar-refractivity contribution in [2.45, 2.75) is 31.8 Å². The molecule has 0 saturated carbocycles. The Morgan fingerprint density at radius 1 is 1.39 bits per heavy atom. The van der Waals surface area contributed by atoms with Crippen LogP contribution in [0.3, 0.4) is 0 Å². The van der Waals surface area contributed by atoms with E-state index in [1.54, 1.807) is 11.3 Å². The van der Waals surface area contributed by atoms with Gasteiger partial charge in [-0.15, -0.1) is 11.3 Å². The number of aliphatic hydroxyl groups is 2. The molecule has 0 amide bonds. The summed E-state index contributed by atoms with van der Waals surface area (Å²) in [5, 5.41) is 17.9. The zero-order valence-corrected chi connectivity index (χ0v) is 11.2. The van der Waals surface area contributed by atoms with Gasteiger partial charge in [0.15, 0.2) is 0 Å². The van der Waals surface area contributed by atoms with Crippen molar-refractivity contribution in [3.05, 3.63) is 21.9 Å². The van der Waals surface area contributed by atoms with Crippen molar-refractivity contribution in [1.82, 2.24) is 4.90 Å². The molecule has 0 spiro atoms. The minimum Gasteiger partial charge on any atom is -0.395 e. The van der Waals surface area contributed by atoms with Crippen LogP contribution in [0.25, 0.3) is 0 Å². The maximum Gasteiger partial charge on any atom is 0.0771 e. The van der Waals surface area contributed by atoms with Crippen LogP contribution in [0.5, 0.6) is 0 Å². The lowest BCUT2D eigenvalue weighted by atomic mass is 10.2. The minimum absolute atomic E-state index is 0.122. The minimum atomic E-state index is 0.122. The number of hydrogen-bond acceptors (Lipinski definition) is 4. The first-order valence-corrected chi connectivity index (χ1v) is 7.18. The summed E-state index contributed by atoms with van der Waals surface area (Å²) in [5.41, 5.74) is 0. The predicted molar refractivity (Wildman–Crippen MR) is 73.4 cm³/mol. The Morgan fingerprint density at radius 3 is 3.06 bits per heavy atom. The monoisotopic (exact) mass is 265 g/mol. The van der Waals surface area contributed by atoms with Gasteiger partial charge in [-0.3, -0.25) is 4.90 Å². The van der Waals surface area contributed by atoms with Gasteiger partial charge in [-0.25, -0.2) is 0 Å². The van der Waals surface area contributed by atoms with Crippen LogP contribution in [-0.4, -0.2) is 40.9 Å². The fourth-order valence-electron chi connectivity index (χ4n) is 2.25. The quantitative estimate of drug-likeness (QED) is 0.810. The molecule has 2 rings (SSSR count). The van der Waals surface area contributed by atoms with Crippen LogP contribution >= 0.6 is 11.3 Å². The van der Waals surface area contributed by atoms with Gasteiger partial charge in [-0.1, -0.05) is 11.8 Å². The zero-order chi connectivity index (χ0) is 12.8. The predicted octanol–water partition coefficient (Wildman–Crippen LogP) is 1.44. The molecule has 1 unspecified atom stereocenters. The van der Waals surface area contributed by atoms with Crippen molar-refractivity contribution in [3.8, 4) is 11.8 Å². The fourth-order valence-corrected chi connectivity index (χ4v) is 3.15. The van der Waals surface area contributed by atoms with Gasteiger partial charge >= 0.3 is 0 Å². The summed E-state index contributed by atoms with van der Waals surface area (Å²) in [6, 6.07) is 4.48. The number of hydrogen-bond donors (Lipinski definition) is 2. The van der Waals surface area contributed by atoms with Crippen LogP contribution in [0, 0.1) is 11.8 Å². The molecule has 0 radical (unpaired) electrons. The standard InChI is InChI=1S/C14H19NO2S/c16-9-2-1-5-13-6-7-14(18-13)10-15-8-3-4-12(15)11-17/h6-7,12,16-17H,2-4,8-11H2. The second-order valence-electron chi connectivity index (χ2n) is 4.49. The highest BCUT2D eigenvalue weighted by Crippen LogP contribution is 2.23. The summed E-state index contributed by atoms with van der Waals surface area (Å²) in [6.07, 6.45) is 2.82. The molecule has 18 heavy (non-hydrogen) atoms. The average Bonchev–Trinajstić information content (AvgIpc) is 2.99. The summed E-state index contributed by atoms with van der Waals surface area (Å²) in [4.78, 5) is 4.69. The van der Waals surface area contributed by atoms with E-state index in [0.717, 1.165) is 24.4 Å². The summed E-state index contributed by atoms with van der Waals surface area (Å²) < 4.78 is 0. The summed E-state index contributed by atoms with van der Waals surface area (Å²) in [7, 11) is 0. The molecule has 1 aliphatic rings. The van der Waals surface area contributed by atoms with E-state index in [4.69, 9.17) is 5.11 Å². The molecule has 1 fully saturated rings. The Labute approximate surface area is 112 Å². The first kappa shape index (κ1) is 13.6. The molecule has 0 aromatic carbocycles. The van der Waals surface area contributed by atoms with Gasteiger partial charge in [0, 0.05) is 23.9 Å². The van der Waals surface area contributed by atoms with Crippen LogP contribution < -0.4 is 0 Å². The van der Waals surface area contributed by atoms with E-state index in [9.17, 15) is 5.11 Å². The van der Waals surface area contributed by atoms with E-state index in [2.05, 4.69) is 22.8 Å². The largest absolute Gasteiger partial charge is 0.395 e. The molecule has 1 aliphatic heterocycles. The Morgan fingerprint density at radius 2 is 2.28 bits per heavy atom. The highest BCUT2D eigenvalue weighted by molar-refractivity contribution is 7.12. The van der Waals surface area contributed by atoms with Gasteiger partial charge in [-0.05, 0) is 31.5 Å². The second kappa shape index (κ2) is 6.91. The zero-order valence-electron chi connectivity index (χ0n) is 10.4. The van der Waals surface area contributed by atoms with E-state index >= 15 is 0 Å². The van der Waals surface area contributed by atoms with Crippen LogP contribution in [0.4, 0.5) is 0 Å². The highest BCUT2D eigenvalue weighted by Gasteiger charge is 2.23. The van der Waals surface area contributed by atoms with Crippen LogP contribution in [-0.2, 0) is 6.54 Å². The van der Waals surface area contributed by atoms with Gasteiger partial charge in [0.2, 0.25) is 0 Å². The van der Waals surface area contributed by atoms with E-state index in [1.165, 1.54) is 11.3 Å². The Balaban J connectivity index is 1.92. The van der Waals surface area contributed by atoms with Crippen molar-refractivity contribution in [1.29, 1.82) is 0 Å². The third-order valence-corrected chi connectivity index (χ3v) is 4.16. The molecule has 1 aromatic rings. The van der Waals surface area contributed by atoms with Crippen molar-refractivity contribution >= 4 is 11.3 Å². The van der Waals surface area contributed by atoms with Crippen LogP contribution in [0.15, 0.2) is 12.1 Å². The average molecular weight is 265 g/mol. The lowest BCUT2D eigenvalue weighted by Crippen LogP contribution is -2.31. The SMILES string of the molecule is OCCC#Cc1ccc(CN2CCCC2CO)s1. The molecule has 4 heteroatoms. The van der Waals surface area contributed by atoms with Gasteiger partial charge in [0.25, 0.3) is 0 Å². The normalized spacial score (nSPS) is 19.8. The smallest absolute Gasteiger partial charge is 0.0771 e. The lowest BCUT2D eigenvalue weighted by molar-refractivity contribution is 0.154. The Kier molecular flexibility index (Phi) is 5.21. The third-order valence-electron chi connectivity index (χ3n) is 3.18. The molecule has 1 aromatic heterocycles. The lowest BCUT2D eigenvalue weighted by Gasteiger charge is -2.21. The van der Waals surface area contributed by atoms with E-state index in [-0.39, 0.29) is 13.2 Å². The third kappa shape index (κ3) is 3.56. The molecule has 0 aliphatic carbocycles. The number of likely N-dealkylation sites (tertiary alicyclic amines) is 1. The molecule has 0 bridgehead atoms. The first-order chi connectivity index (χ1) is 8.83. The molecule has 3 nitrogen and oxygen atoms in total. The van der Waals surface area contributed by atoms with Crippen molar-refractivity contribution < 1.29 is 10.2 Å². The van der Waals surface area contributed by atoms with E-state index in [0.29, 0.717) is 12.5 Å². The Bertz CT molecular complexity index is 432. The topological polar surface area (TPSA) is 43.7 Å². The number of thiophene rings is 1. The maximum absolute atomic E-state index is 9.28. The van der Waals surface area contributed by atoms with Gasteiger partial charge in [0.05, 0.1) is 18.1 Å². The van der Waals surface area contributed by atoms with E-state index in [1.807, 2.05) is 6.07 Å².